The highest BCUT2D eigenvalue weighted by Crippen LogP contribution is 2.25. The van der Waals surface area contributed by atoms with Crippen LogP contribution in [-0.2, 0) is 13.6 Å². The van der Waals surface area contributed by atoms with E-state index < -0.39 is 6.17 Å². The van der Waals surface area contributed by atoms with Gasteiger partial charge < -0.3 is 9.32 Å². The van der Waals surface area contributed by atoms with Gasteiger partial charge >= 0.3 is 6.01 Å². The fourth-order valence-corrected chi connectivity index (χ4v) is 3.10. The van der Waals surface area contributed by atoms with E-state index in [0.717, 1.165) is 5.56 Å². The van der Waals surface area contributed by atoms with Gasteiger partial charge in [0.15, 0.2) is 0 Å². The minimum atomic E-state index is -0.797. The molecule has 0 N–H and O–H groups in total. The van der Waals surface area contributed by atoms with Crippen LogP contribution in [0.4, 0.5) is 10.4 Å². The van der Waals surface area contributed by atoms with E-state index in [2.05, 4.69) is 20.2 Å². The van der Waals surface area contributed by atoms with Crippen molar-refractivity contribution in [1.29, 1.82) is 0 Å². The molecule has 0 aromatic carbocycles. The molecule has 1 aliphatic rings. The van der Waals surface area contributed by atoms with Gasteiger partial charge in [-0.2, -0.15) is 5.10 Å². The molecular weight excluding hydrogens is 311 g/mol. The predicted octanol–water partition coefficient (Wildman–Crippen LogP) is 1.98. The third-order valence-electron chi connectivity index (χ3n) is 4.36. The molecule has 0 radical (unpaired) electrons. The summed E-state index contributed by atoms with van der Waals surface area (Å²) in [6.07, 6.45) is 3.53. The number of halogens is 1. The lowest BCUT2D eigenvalue weighted by Crippen LogP contribution is -2.38. The van der Waals surface area contributed by atoms with Crippen molar-refractivity contribution in [2.75, 3.05) is 25.0 Å². The highest BCUT2D eigenvalue weighted by atomic mass is 19.1. The molecule has 2 aromatic rings. The average molecular weight is 336 g/mol. The molecule has 1 saturated heterocycles. The molecule has 7 nitrogen and oxygen atoms in total. The maximum atomic E-state index is 14.0. The van der Waals surface area contributed by atoms with E-state index in [1.807, 2.05) is 45.2 Å². The standard InChI is InChI=1S/C16H25FN6O/c1-11(2)15-19-20-16(24-15)21(3)10-14-5-13(17)9-23(14)8-12-6-18-22(4)7-12/h6-7,11,13-14H,5,8-10H2,1-4H3/t13-,14-/m0/s1. The summed E-state index contributed by atoms with van der Waals surface area (Å²) in [5.41, 5.74) is 1.10. The highest BCUT2D eigenvalue weighted by molar-refractivity contribution is 5.23. The molecule has 0 bridgehead atoms. The van der Waals surface area contributed by atoms with E-state index in [0.29, 0.717) is 38.0 Å². The van der Waals surface area contributed by atoms with Crippen molar-refractivity contribution in [1.82, 2.24) is 24.9 Å². The van der Waals surface area contributed by atoms with Crippen LogP contribution >= 0.6 is 0 Å². The smallest absolute Gasteiger partial charge is 0.317 e. The number of hydrogen-bond donors (Lipinski definition) is 0. The number of likely N-dealkylation sites (N-methyl/N-ethyl adjacent to an activating group) is 1. The van der Waals surface area contributed by atoms with Crippen molar-refractivity contribution in [3.63, 3.8) is 0 Å². The van der Waals surface area contributed by atoms with Gasteiger partial charge in [-0.15, -0.1) is 5.10 Å². The molecule has 3 heterocycles. The summed E-state index contributed by atoms with van der Waals surface area (Å²) < 4.78 is 21.4. The SMILES string of the molecule is CC(C)c1nnc(N(C)C[C@@H]2C[C@H](F)CN2Cc2cnn(C)c2)o1. The second-order valence-corrected chi connectivity index (χ2v) is 6.90. The Morgan fingerprint density at radius 3 is 2.83 bits per heavy atom. The molecule has 1 fully saturated rings. The first kappa shape index (κ1) is 16.9. The number of anilines is 1. The third kappa shape index (κ3) is 3.75. The van der Waals surface area contributed by atoms with E-state index in [-0.39, 0.29) is 12.0 Å². The molecule has 0 amide bonds. The molecule has 132 valence electrons. The van der Waals surface area contributed by atoms with Gasteiger partial charge in [-0.05, 0) is 6.42 Å². The molecule has 8 heteroatoms. The van der Waals surface area contributed by atoms with Crippen LogP contribution in [0.1, 0.15) is 37.6 Å². The molecule has 0 unspecified atom stereocenters. The maximum Gasteiger partial charge on any atom is 0.317 e. The Labute approximate surface area is 141 Å². The van der Waals surface area contributed by atoms with Gasteiger partial charge in [-0.25, -0.2) is 4.39 Å². The zero-order chi connectivity index (χ0) is 17.3. The molecule has 1 aliphatic heterocycles. The Morgan fingerprint density at radius 1 is 1.42 bits per heavy atom. The minimum absolute atomic E-state index is 0.111. The number of alkyl halides is 1. The molecular formula is C16H25FN6O. The second kappa shape index (κ2) is 6.88. The van der Waals surface area contributed by atoms with Crippen LogP contribution in [0.2, 0.25) is 0 Å². The lowest BCUT2D eigenvalue weighted by atomic mass is 10.2. The largest absolute Gasteiger partial charge is 0.408 e. The van der Waals surface area contributed by atoms with E-state index in [1.165, 1.54) is 0 Å². The van der Waals surface area contributed by atoms with Gasteiger partial charge in [0.25, 0.3) is 0 Å². The van der Waals surface area contributed by atoms with Crippen molar-refractivity contribution in [3.8, 4) is 0 Å². The first-order chi connectivity index (χ1) is 11.4. The summed E-state index contributed by atoms with van der Waals surface area (Å²) in [5, 5.41) is 12.3. The lowest BCUT2D eigenvalue weighted by molar-refractivity contribution is 0.236. The first-order valence-corrected chi connectivity index (χ1v) is 8.32. The van der Waals surface area contributed by atoms with Crippen LogP contribution in [0.15, 0.2) is 16.8 Å². The second-order valence-electron chi connectivity index (χ2n) is 6.90. The monoisotopic (exact) mass is 336 g/mol. The molecule has 3 rings (SSSR count). The van der Waals surface area contributed by atoms with E-state index in [1.54, 1.807) is 4.68 Å². The van der Waals surface area contributed by atoms with Crippen molar-refractivity contribution in [2.45, 2.75) is 44.9 Å². The first-order valence-electron chi connectivity index (χ1n) is 8.32. The number of aromatic nitrogens is 4. The molecule has 2 aromatic heterocycles. The predicted molar refractivity (Wildman–Crippen MR) is 88.6 cm³/mol. The van der Waals surface area contributed by atoms with Crippen LogP contribution in [0.3, 0.4) is 0 Å². The quantitative estimate of drug-likeness (QED) is 0.804. The van der Waals surface area contributed by atoms with Crippen molar-refractivity contribution < 1.29 is 8.81 Å². The summed E-state index contributed by atoms with van der Waals surface area (Å²) in [6, 6.07) is 0.599. The third-order valence-corrected chi connectivity index (χ3v) is 4.36. The van der Waals surface area contributed by atoms with E-state index in [4.69, 9.17) is 4.42 Å². The van der Waals surface area contributed by atoms with E-state index >= 15 is 0 Å². The summed E-state index contributed by atoms with van der Waals surface area (Å²) in [5.74, 6) is 0.822. The lowest BCUT2D eigenvalue weighted by Gasteiger charge is -2.27. The number of likely N-dealkylation sites (tertiary alicyclic amines) is 1. The molecule has 24 heavy (non-hydrogen) atoms. The summed E-state index contributed by atoms with van der Waals surface area (Å²) >= 11 is 0. The fraction of sp³-hybridized carbons (Fsp3) is 0.688. The normalized spacial score (nSPS) is 21.8. The minimum Gasteiger partial charge on any atom is -0.408 e. The van der Waals surface area contributed by atoms with Crippen molar-refractivity contribution in [2.24, 2.45) is 7.05 Å². The topological polar surface area (TPSA) is 63.2 Å². The molecule has 0 aliphatic carbocycles. The number of rotatable bonds is 6. The van der Waals surface area contributed by atoms with Gasteiger partial charge in [0.1, 0.15) is 6.17 Å². The van der Waals surface area contributed by atoms with Crippen molar-refractivity contribution in [3.05, 3.63) is 23.8 Å². The van der Waals surface area contributed by atoms with Gasteiger partial charge in [-0.1, -0.05) is 18.9 Å². The summed E-state index contributed by atoms with van der Waals surface area (Å²) in [6.45, 7) is 5.83. The Kier molecular flexibility index (Phi) is 4.84. The number of nitrogens with zero attached hydrogens (tertiary/aromatic N) is 6. The Bertz CT molecular complexity index is 669. The Balaban J connectivity index is 1.64. The summed E-state index contributed by atoms with van der Waals surface area (Å²) in [7, 11) is 3.80. The average Bonchev–Trinajstić information content (AvgIpc) is 3.21. The number of hydrogen-bond acceptors (Lipinski definition) is 6. The van der Waals surface area contributed by atoms with Gasteiger partial charge in [0.2, 0.25) is 5.89 Å². The zero-order valence-corrected chi connectivity index (χ0v) is 14.7. The van der Waals surface area contributed by atoms with Gasteiger partial charge in [0.05, 0.1) is 6.20 Å². The maximum absolute atomic E-state index is 14.0. The highest BCUT2D eigenvalue weighted by Gasteiger charge is 2.33. The fourth-order valence-electron chi connectivity index (χ4n) is 3.10. The van der Waals surface area contributed by atoms with Crippen LogP contribution < -0.4 is 4.90 Å². The Morgan fingerprint density at radius 2 is 2.21 bits per heavy atom. The van der Waals surface area contributed by atoms with Crippen molar-refractivity contribution >= 4 is 6.01 Å². The zero-order valence-electron chi connectivity index (χ0n) is 14.7. The molecule has 0 saturated carbocycles. The summed E-state index contributed by atoms with van der Waals surface area (Å²) in [4.78, 5) is 4.08. The van der Waals surface area contributed by atoms with Crippen LogP contribution in [0.25, 0.3) is 0 Å². The van der Waals surface area contributed by atoms with Crippen LogP contribution in [0, 0.1) is 0 Å². The molecule has 2 atom stereocenters. The van der Waals surface area contributed by atoms with Gasteiger partial charge in [0, 0.05) is 57.4 Å². The number of aryl methyl sites for hydroxylation is 1. The molecule has 0 spiro atoms. The van der Waals surface area contributed by atoms with E-state index in [9.17, 15) is 4.39 Å². The van der Waals surface area contributed by atoms with Crippen LogP contribution in [-0.4, -0.2) is 57.2 Å². The Hall–Kier alpha value is -1.96. The van der Waals surface area contributed by atoms with Gasteiger partial charge in [-0.3, -0.25) is 9.58 Å². The van der Waals surface area contributed by atoms with Crippen LogP contribution in [0.5, 0.6) is 0 Å².